The predicted octanol–water partition coefficient (Wildman–Crippen LogP) is 4.95. The van der Waals surface area contributed by atoms with E-state index in [1.165, 1.54) is 22.6 Å². The first kappa shape index (κ1) is 26.6. The summed E-state index contributed by atoms with van der Waals surface area (Å²) in [7, 11) is 5.46. The average molecular weight is 540 g/mol. The average Bonchev–Trinajstić information content (AvgIpc) is 3.32. The molecule has 0 spiro atoms. The van der Waals surface area contributed by atoms with Gasteiger partial charge in [-0.2, -0.15) is 0 Å². The van der Waals surface area contributed by atoms with Crippen LogP contribution in [0.4, 0.5) is 22.2 Å². The Labute approximate surface area is 222 Å². The molecule has 37 heavy (non-hydrogen) atoms. The molecule has 3 aromatic carbocycles. The van der Waals surface area contributed by atoms with Crippen molar-refractivity contribution in [3.8, 4) is 17.0 Å². The van der Waals surface area contributed by atoms with E-state index in [9.17, 15) is 13.6 Å². The van der Waals surface area contributed by atoms with Crippen molar-refractivity contribution in [3.05, 3.63) is 60.0 Å². The Morgan fingerprint density at radius 3 is 2.41 bits per heavy atom. The first-order chi connectivity index (χ1) is 17.8. The molecule has 1 aromatic heterocycles. The van der Waals surface area contributed by atoms with Crippen LogP contribution in [0.2, 0.25) is 0 Å². The third kappa shape index (κ3) is 5.91. The summed E-state index contributed by atoms with van der Waals surface area (Å²) in [6, 6.07) is 16.6. The summed E-state index contributed by atoms with van der Waals surface area (Å²) in [6.45, 7) is 2.00. The van der Waals surface area contributed by atoms with Gasteiger partial charge in [-0.25, -0.2) is 4.98 Å². The lowest BCUT2D eigenvalue weighted by molar-refractivity contribution is -0.114. The van der Waals surface area contributed by atoms with E-state index < -0.39 is 11.3 Å². The zero-order valence-electron chi connectivity index (χ0n) is 20.9. The van der Waals surface area contributed by atoms with Crippen molar-refractivity contribution in [1.29, 1.82) is 0 Å². The van der Waals surface area contributed by atoms with Crippen LogP contribution in [0.1, 0.15) is 6.92 Å². The van der Waals surface area contributed by atoms with Crippen LogP contribution < -0.4 is 19.3 Å². The van der Waals surface area contributed by atoms with E-state index in [1.807, 2.05) is 49.3 Å². The lowest BCUT2D eigenvalue weighted by atomic mass is 10.1. The monoisotopic (exact) mass is 539 g/mol. The van der Waals surface area contributed by atoms with E-state index in [0.717, 1.165) is 16.5 Å². The summed E-state index contributed by atoms with van der Waals surface area (Å²) in [5, 5.41) is 6.62. The molecule has 1 unspecified atom stereocenters. The molecular formula is C26H27N4O5S2-. The highest BCUT2D eigenvalue weighted by atomic mass is 32.2. The normalized spacial score (nSPS) is 11.8. The van der Waals surface area contributed by atoms with Gasteiger partial charge in [0.05, 0.1) is 34.9 Å². The second-order valence-electron chi connectivity index (χ2n) is 8.30. The molecule has 0 aliphatic heterocycles. The number of fused-ring (bicyclic) bond motifs is 1. The fourth-order valence-electron chi connectivity index (χ4n) is 3.94. The highest BCUT2D eigenvalue weighted by Gasteiger charge is 2.21. The van der Waals surface area contributed by atoms with Gasteiger partial charge in [0.25, 0.3) is 0 Å². The number of carbonyl (C=O) groups is 1. The van der Waals surface area contributed by atoms with Gasteiger partial charge in [-0.05, 0) is 30.3 Å². The van der Waals surface area contributed by atoms with Crippen LogP contribution in [-0.2, 0) is 20.8 Å². The number of amides is 1. The molecule has 1 amide bonds. The zero-order valence-corrected chi connectivity index (χ0v) is 22.5. The van der Waals surface area contributed by atoms with Gasteiger partial charge in [0.15, 0.2) is 5.13 Å². The molecular weight excluding hydrogens is 512 g/mol. The van der Waals surface area contributed by atoms with Gasteiger partial charge in [0.1, 0.15) is 12.4 Å². The summed E-state index contributed by atoms with van der Waals surface area (Å²) >= 11 is -1.39. The van der Waals surface area contributed by atoms with Crippen LogP contribution in [0.15, 0.2) is 60.0 Å². The van der Waals surface area contributed by atoms with Gasteiger partial charge in [-0.1, -0.05) is 24.3 Å². The maximum atomic E-state index is 12.8. The number of nitrogens with one attached hydrogen (secondary N) is 1. The standard InChI is InChI=1S/C26H28N4O5S2/c1-17(31)27-26-28-21(16-36-26)18-11-12-25(35-14-13-34-4)24(15-18)30(37(32)33)23-10-6-7-19-20(23)8-5-9-22(19)29(2)3/h5-12,15-16H,13-14H2,1-4H3,(H,32,33)(H,27,28,31)/p-1. The second kappa shape index (κ2) is 11.7. The number of hydrogen-bond acceptors (Lipinski definition) is 8. The summed E-state index contributed by atoms with van der Waals surface area (Å²) in [4.78, 5) is 17.9. The van der Waals surface area contributed by atoms with Crippen molar-refractivity contribution in [2.24, 2.45) is 0 Å². The van der Waals surface area contributed by atoms with Crippen LogP contribution in [0.3, 0.4) is 0 Å². The minimum Gasteiger partial charge on any atom is -0.755 e. The molecule has 0 saturated carbocycles. The van der Waals surface area contributed by atoms with Crippen LogP contribution in [-0.4, -0.2) is 54.1 Å². The summed E-state index contributed by atoms with van der Waals surface area (Å²) in [5.41, 5.74) is 3.06. The van der Waals surface area contributed by atoms with E-state index in [1.54, 1.807) is 36.8 Å². The molecule has 194 valence electrons. The molecule has 0 radical (unpaired) electrons. The van der Waals surface area contributed by atoms with Gasteiger partial charge in [-0.15, -0.1) is 11.3 Å². The van der Waals surface area contributed by atoms with Crippen molar-refractivity contribution in [2.75, 3.05) is 48.9 Å². The quantitative estimate of drug-likeness (QED) is 0.225. The number of methoxy groups -OCH3 is 1. The Balaban J connectivity index is 1.88. The topological polar surface area (TPSA) is 107 Å². The number of hydrogen-bond donors (Lipinski definition) is 1. The van der Waals surface area contributed by atoms with Crippen molar-refractivity contribution in [1.82, 2.24) is 4.98 Å². The van der Waals surface area contributed by atoms with Gasteiger partial charge in [0, 0.05) is 55.5 Å². The number of anilines is 4. The zero-order chi connectivity index (χ0) is 26.5. The van der Waals surface area contributed by atoms with Gasteiger partial charge < -0.3 is 24.2 Å². The van der Waals surface area contributed by atoms with E-state index in [2.05, 4.69) is 10.3 Å². The highest BCUT2D eigenvalue weighted by molar-refractivity contribution is 7.81. The first-order valence-corrected chi connectivity index (χ1v) is 13.3. The predicted molar refractivity (Wildman–Crippen MR) is 149 cm³/mol. The molecule has 0 aliphatic carbocycles. The molecule has 1 heterocycles. The molecule has 9 nitrogen and oxygen atoms in total. The third-order valence-corrected chi connectivity index (χ3v) is 6.98. The van der Waals surface area contributed by atoms with Crippen LogP contribution in [0.5, 0.6) is 5.75 Å². The smallest absolute Gasteiger partial charge is 0.223 e. The largest absolute Gasteiger partial charge is 0.755 e. The molecule has 0 bridgehead atoms. The molecule has 11 heteroatoms. The number of rotatable bonds is 10. The number of carbonyl (C=O) groups excluding carboxylic acids is 1. The lowest BCUT2D eigenvalue weighted by Crippen LogP contribution is -2.21. The molecule has 1 atom stereocenters. The summed E-state index contributed by atoms with van der Waals surface area (Å²) in [6.07, 6.45) is 0. The van der Waals surface area contributed by atoms with Gasteiger partial charge >= 0.3 is 0 Å². The number of benzene rings is 3. The van der Waals surface area contributed by atoms with Crippen molar-refractivity contribution in [2.45, 2.75) is 6.92 Å². The van der Waals surface area contributed by atoms with Crippen LogP contribution in [0.25, 0.3) is 22.0 Å². The van der Waals surface area contributed by atoms with Crippen molar-refractivity contribution >= 4 is 61.5 Å². The Bertz CT molecular complexity index is 1440. The Hall–Kier alpha value is -3.51. The van der Waals surface area contributed by atoms with Gasteiger partial charge in [-0.3, -0.25) is 13.3 Å². The number of ether oxygens (including phenoxy) is 2. The second-order valence-corrected chi connectivity index (χ2v) is 9.96. The molecule has 0 aliphatic rings. The van der Waals surface area contributed by atoms with Gasteiger partial charge in [0.2, 0.25) is 5.91 Å². The minimum absolute atomic E-state index is 0.218. The third-order valence-electron chi connectivity index (χ3n) is 5.53. The Kier molecular flexibility index (Phi) is 8.39. The lowest BCUT2D eigenvalue weighted by Gasteiger charge is -2.30. The minimum atomic E-state index is -2.68. The van der Waals surface area contributed by atoms with Crippen LogP contribution in [0, 0.1) is 0 Å². The summed E-state index contributed by atoms with van der Waals surface area (Å²) < 4.78 is 37.9. The van der Waals surface area contributed by atoms with E-state index in [-0.39, 0.29) is 12.5 Å². The maximum absolute atomic E-state index is 12.8. The first-order valence-electron chi connectivity index (χ1n) is 11.4. The molecule has 4 aromatic rings. The molecule has 4 rings (SSSR count). The van der Waals surface area contributed by atoms with E-state index in [4.69, 9.17) is 9.47 Å². The number of nitrogens with zero attached hydrogens (tertiary/aromatic N) is 3. The van der Waals surface area contributed by atoms with E-state index in [0.29, 0.717) is 40.1 Å². The Morgan fingerprint density at radius 1 is 1.05 bits per heavy atom. The summed E-state index contributed by atoms with van der Waals surface area (Å²) in [5.74, 6) is 0.160. The molecule has 0 saturated heterocycles. The van der Waals surface area contributed by atoms with E-state index >= 15 is 0 Å². The Morgan fingerprint density at radius 2 is 1.76 bits per heavy atom. The molecule has 0 fully saturated rings. The fourth-order valence-corrected chi connectivity index (χ4v) is 5.33. The maximum Gasteiger partial charge on any atom is 0.223 e. The number of thiazole rings is 1. The molecule has 1 N–H and O–H groups in total. The van der Waals surface area contributed by atoms with Crippen molar-refractivity contribution < 1.29 is 23.0 Å². The SMILES string of the molecule is COCCOc1ccc(-c2csc(NC(C)=O)n2)cc1N(c1cccc2c(N(C)C)cccc12)S(=O)[O-]. The fraction of sp³-hybridized carbons (Fsp3) is 0.231. The van der Waals surface area contributed by atoms with Crippen molar-refractivity contribution in [3.63, 3.8) is 0 Å². The van der Waals surface area contributed by atoms with Crippen LogP contribution >= 0.6 is 11.3 Å². The highest BCUT2D eigenvalue weighted by Crippen LogP contribution is 2.42. The number of aromatic nitrogens is 1.